The summed E-state index contributed by atoms with van der Waals surface area (Å²) in [6, 6.07) is 11.6. The summed E-state index contributed by atoms with van der Waals surface area (Å²) in [5.74, 6) is 0.118. The molecule has 0 saturated carbocycles. The molecular weight excluding hydrogens is 454 g/mol. The van der Waals surface area contributed by atoms with Crippen LogP contribution < -0.4 is 0 Å². The van der Waals surface area contributed by atoms with E-state index in [2.05, 4.69) is 25.3 Å². The van der Waals surface area contributed by atoms with Crippen LogP contribution in [0.2, 0.25) is 5.02 Å². The van der Waals surface area contributed by atoms with E-state index in [1.807, 2.05) is 42.2 Å². The summed E-state index contributed by atoms with van der Waals surface area (Å²) in [6.07, 6.45) is 1.79. The molecule has 9 nitrogen and oxygen atoms in total. The molecule has 2 atom stereocenters. The fraction of sp³-hybridized carbons (Fsp3) is 0.375. The van der Waals surface area contributed by atoms with E-state index in [4.69, 9.17) is 22.9 Å². The van der Waals surface area contributed by atoms with Gasteiger partial charge in [0.2, 0.25) is 11.6 Å². The first-order valence-corrected chi connectivity index (χ1v) is 11.5. The summed E-state index contributed by atoms with van der Waals surface area (Å²) >= 11 is 6.17. The van der Waals surface area contributed by atoms with E-state index in [1.165, 1.54) is 6.33 Å². The Bertz CT molecular complexity index is 1220. The van der Waals surface area contributed by atoms with Crippen LogP contribution in [-0.4, -0.2) is 74.7 Å². The predicted molar refractivity (Wildman–Crippen MR) is 126 cm³/mol. The molecule has 174 valence electrons. The smallest absolute Gasteiger partial charge is 0.227 e. The zero-order valence-corrected chi connectivity index (χ0v) is 19.5. The largest absolute Gasteiger partial charge is 0.371 e. The van der Waals surface area contributed by atoms with Gasteiger partial charge in [0.15, 0.2) is 0 Å². The Balaban J connectivity index is 1.19. The van der Waals surface area contributed by atoms with Crippen LogP contribution in [0.3, 0.4) is 0 Å². The number of halogens is 1. The lowest BCUT2D eigenvalue weighted by molar-refractivity contribution is -0.139. The number of benzene rings is 2. The lowest BCUT2D eigenvalue weighted by Crippen LogP contribution is -2.59. The van der Waals surface area contributed by atoms with Gasteiger partial charge in [-0.2, -0.15) is 0 Å². The molecule has 3 aromatic rings. The zero-order valence-electron chi connectivity index (χ0n) is 18.8. The van der Waals surface area contributed by atoms with Gasteiger partial charge in [0.1, 0.15) is 6.33 Å². The Morgan fingerprint density at radius 2 is 2.03 bits per heavy atom. The number of fused-ring (bicyclic) bond motifs is 1. The van der Waals surface area contributed by atoms with Crippen LogP contribution in [0.4, 0.5) is 5.69 Å². The second-order valence-electron chi connectivity index (χ2n) is 8.63. The monoisotopic (exact) mass is 477 g/mol. The lowest BCUT2D eigenvalue weighted by atomic mass is 9.98. The number of carbonyl (C=O) groups is 1. The third-order valence-electron chi connectivity index (χ3n) is 6.64. The molecule has 2 aliphatic heterocycles. The molecule has 3 heterocycles. The predicted octanol–water partition coefficient (Wildman–Crippen LogP) is 3.00. The summed E-state index contributed by atoms with van der Waals surface area (Å²) < 4.78 is 7.78. The third kappa shape index (κ3) is 4.40. The number of hydrogen-bond donors (Lipinski definition) is 0. The van der Waals surface area contributed by atoms with Crippen LogP contribution in [0, 0.1) is 13.5 Å². The van der Waals surface area contributed by atoms with Crippen molar-refractivity contribution in [2.45, 2.75) is 25.5 Å². The number of tetrazole rings is 1. The number of nitrogens with zero attached hydrogens (tertiary/aromatic N) is 7. The number of carbonyl (C=O) groups excluding carboxylic acids is 1. The van der Waals surface area contributed by atoms with Crippen LogP contribution in [0.15, 0.2) is 42.7 Å². The van der Waals surface area contributed by atoms with Gasteiger partial charge >= 0.3 is 0 Å². The first-order valence-electron chi connectivity index (χ1n) is 11.2. The van der Waals surface area contributed by atoms with Gasteiger partial charge in [0.05, 0.1) is 37.4 Å². The summed E-state index contributed by atoms with van der Waals surface area (Å²) in [5.41, 5.74) is 4.19. The number of piperazine rings is 1. The van der Waals surface area contributed by atoms with E-state index in [9.17, 15) is 4.79 Å². The number of amides is 1. The number of morpholine rings is 1. The average molecular weight is 478 g/mol. The lowest BCUT2D eigenvalue weighted by Gasteiger charge is -2.46. The first-order chi connectivity index (χ1) is 16.5. The molecule has 2 fully saturated rings. The Labute approximate surface area is 202 Å². The number of ether oxygens (including phenoxy) is 1. The molecule has 0 spiro atoms. The van der Waals surface area contributed by atoms with Gasteiger partial charge < -0.3 is 9.64 Å². The zero-order chi connectivity index (χ0) is 23.7. The minimum Gasteiger partial charge on any atom is -0.371 e. The van der Waals surface area contributed by atoms with Crippen LogP contribution in [0.1, 0.15) is 22.8 Å². The summed E-state index contributed by atoms with van der Waals surface area (Å²) in [7, 11) is 0. The summed E-state index contributed by atoms with van der Waals surface area (Å²) in [6.45, 7) is 12.8. The maximum Gasteiger partial charge on any atom is 0.227 e. The summed E-state index contributed by atoms with van der Waals surface area (Å²) in [4.78, 5) is 20.9. The first kappa shape index (κ1) is 22.5. The van der Waals surface area contributed by atoms with E-state index >= 15 is 0 Å². The normalized spacial score (nSPS) is 20.6. The van der Waals surface area contributed by atoms with Crippen molar-refractivity contribution in [2.24, 2.45) is 0 Å². The van der Waals surface area contributed by atoms with E-state index in [0.29, 0.717) is 36.8 Å². The van der Waals surface area contributed by atoms with E-state index < -0.39 is 0 Å². The topological polar surface area (TPSA) is 80.7 Å². The molecule has 2 saturated heterocycles. The van der Waals surface area contributed by atoms with Crippen molar-refractivity contribution in [1.29, 1.82) is 0 Å². The average Bonchev–Trinajstić information content (AvgIpc) is 3.39. The van der Waals surface area contributed by atoms with Gasteiger partial charge in [-0.25, -0.2) is 9.53 Å². The van der Waals surface area contributed by atoms with Crippen LogP contribution in [0.25, 0.3) is 10.5 Å². The van der Waals surface area contributed by atoms with Gasteiger partial charge in [-0.05, 0) is 46.2 Å². The molecule has 34 heavy (non-hydrogen) atoms. The maximum atomic E-state index is 13.0. The molecule has 2 aliphatic rings. The van der Waals surface area contributed by atoms with Crippen molar-refractivity contribution in [3.63, 3.8) is 0 Å². The van der Waals surface area contributed by atoms with Crippen molar-refractivity contribution in [2.75, 3.05) is 32.8 Å². The standard InChI is InChI=1S/C24H24ClN7O2/c1-16-20(7-8-21(25)24(16)26-2)22-13-30-9-10-31(12-19(30)14-34-22)23(33)11-17-3-5-18(6-4-17)32-15-27-28-29-32/h3-8,15,19,22H,9-14H2,1H3/t19-,22+/m0/s1. The van der Waals surface area contributed by atoms with E-state index in [-0.39, 0.29) is 18.1 Å². The Kier molecular flexibility index (Phi) is 6.28. The molecule has 0 N–H and O–H groups in total. The Morgan fingerprint density at radius 3 is 2.76 bits per heavy atom. The van der Waals surface area contributed by atoms with Gasteiger partial charge in [-0.15, -0.1) is 5.10 Å². The highest BCUT2D eigenvalue weighted by Crippen LogP contribution is 2.36. The van der Waals surface area contributed by atoms with Crippen molar-refractivity contribution in [3.05, 3.63) is 75.9 Å². The van der Waals surface area contributed by atoms with Crippen molar-refractivity contribution in [3.8, 4) is 5.69 Å². The van der Waals surface area contributed by atoms with E-state index in [1.54, 1.807) is 10.7 Å². The number of aromatic nitrogens is 4. The van der Waals surface area contributed by atoms with Gasteiger partial charge in [0.25, 0.3) is 0 Å². The molecule has 0 aliphatic carbocycles. The van der Waals surface area contributed by atoms with Gasteiger partial charge in [-0.1, -0.05) is 35.9 Å². The minimum atomic E-state index is -0.102. The second-order valence-corrected chi connectivity index (χ2v) is 9.04. The highest BCUT2D eigenvalue weighted by atomic mass is 35.5. The van der Waals surface area contributed by atoms with Crippen LogP contribution in [0.5, 0.6) is 0 Å². The molecule has 2 aromatic carbocycles. The Morgan fingerprint density at radius 1 is 1.21 bits per heavy atom. The van der Waals surface area contributed by atoms with Crippen LogP contribution >= 0.6 is 11.6 Å². The maximum absolute atomic E-state index is 13.0. The second kappa shape index (κ2) is 9.50. The number of rotatable bonds is 4. The molecular formula is C24H24ClN7O2. The minimum absolute atomic E-state index is 0.102. The molecule has 0 bridgehead atoms. The molecule has 5 rings (SSSR count). The van der Waals surface area contributed by atoms with Gasteiger partial charge in [0, 0.05) is 31.2 Å². The SMILES string of the molecule is [C-]#[N+]c1c(Cl)ccc([C@H]2CN3CCN(C(=O)Cc4ccc(-n5cnnn5)cc4)C[C@H]3CO2)c1C. The molecule has 10 heteroatoms. The van der Waals surface area contributed by atoms with Gasteiger partial charge in [-0.3, -0.25) is 9.69 Å². The number of hydrogen-bond acceptors (Lipinski definition) is 6. The van der Waals surface area contributed by atoms with Crippen molar-refractivity contribution >= 4 is 23.2 Å². The summed E-state index contributed by atoms with van der Waals surface area (Å²) in [5, 5.41) is 11.6. The highest BCUT2D eigenvalue weighted by Gasteiger charge is 2.36. The molecule has 1 aromatic heterocycles. The van der Waals surface area contributed by atoms with Crippen molar-refractivity contribution < 1.29 is 9.53 Å². The van der Waals surface area contributed by atoms with Crippen molar-refractivity contribution in [1.82, 2.24) is 30.0 Å². The molecule has 0 radical (unpaired) electrons. The molecule has 0 unspecified atom stereocenters. The highest BCUT2D eigenvalue weighted by molar-refractivity contribution is 6.33. The van der Waals surface area contributed by atoms with E-state index in [0.717, 1.165) is 35.5 Å². The third-order valence-corrected chi connectivity index (χ3v) is 6.94. The quantitative estimate of drug-likeness (QED) is 0.537. The Hall–Kier alpha value is -3.32. The van der Waals surface area contributed by atoms with Crippen LogP contribution in [-0.2, 0) is 16.0 Å². The fourth-order valence-corrected chi connectivity index (χ4v) is 4.95. The fourth-order valence-electron chi connectivity index (χ4n) is 4.70. The molecule has 1 amide bonds.